The van der Waals surface area contributed by atoms with E-state index in [4.69, 9.17) is 21.1 Å². The highest BCUT2D eigenvalue weighted by Crippen LogP contribution is 2.25. The molecule has 0 N–H and O–H groups in total. The van der Waals surface area contributed by atoms with Gasteiger partial charge in [0.25, 0.3) is 0 Å². The van der Waals surface area contributed by atoms with Crippen LogP contribution in [0.4, 0.5) is 13.2 Å². The van der Waals surface area contributed by atoms with E-state index in [0.29, 0.717) is 36.7 Å². The minimum Gasteiger partial charge on any atom is -0.496 e. The molecule has 0 bridgehead atoms. The lowest BCUT2D eigenvalue weighted by Crippen LogP contribution is -2.40. The van der Waals surface area contributed by atoms with Crippen LogP contribution in [0.15, 0.2) is 18.2 Å². The molecule has 1 heterocycles. The number of piperidine rings is 1. The molecule has 1 aliphatic heterocycles. The Morgan fingerprint density at radius 2 is 2.00 bits per heavy atom. The Morgan fingerprint density at radius 3 is 2.58 bits per heavy atom. The van der Waals surface area contributed by atoms with Gasteiger partial charge in [-0.3, -0.25) is 4.90 Å². The van der Waals surface area contributed by atoms with Crippen LogP contribution < -0.4 is 4.74 Å². The Hall–Kier alpha value is -1.47. The minimum atomic E-state index is -4.18. The molecule has 24 heavy (non-hydrogen) atoms. The van der Waals surface area contributed by atoms with Gasteiger partial charge in [0.2, 0.25) is 0 Å². The number of esters is 1. The van der Waals surface area contributed by atoms with Crippen molar-refractivity contribution in [2.45, 2.75) is 19.0 Å². The van der Waals surface area contributed by atoms with Gasteiger partial charge in [0.15, 0.2) is 0 Å². The van der Waals surface area contributed by atoms with Gasteiger partial charge in [0, 0.05) is 5.02 Å². The van der Waals surface area contributed by atoms with E-state index in [0.717, 1.165) is 0 Å². The molecule has 1 saturated heterocycles. The highest BCUT2D eigenvalue weighted by molar-refractivity contribution is 6.30. The third-order valence-corrected chi connectivity index (χ3v) is 4.18. The van der Waals surface area contributed by atoms with Crippen LogP contribution in [0.1, 0.15) is 23.2 Å². The minimum absolute atomic E-state index is 0.0664. The topological polar surface area (TPSA) is 38.8 Å². The zero-order valence-corrected chi connectivity index (χ0v) is 14.0. The summed E-state index contributed by atoms with van der Waals surface area (Å²) in [5.41, 5.74) is 0.274. The number of methoxy groups -OCH3 is 1. The number of alkyl halides is 3. The molecule has 1 aromatic carbocycles. The molecule has 0 saturated carbocycles. The fourth-order valence-electron chi connectivity index (χ4n) is 2.67. The number of nitrogens with zero attached hydrogens (tertiary/aromatic N) is 1. The van der Waals surface area contributed by atoms with Crippen LogP contribution in [0.25, 0.3) is 0 Å². The Kier molecular flexibility index (Phi) is 6.34. The van der Waals surface area contributed by atoms with Gasteiger partial charge in [-0.1, -0.05) is 11.6 Å². The quantitative estimate of drug-likeness (QED) is 0.744. The number of hydrogen-bond acceptors (Lipinski definition) is 4. The highest BCUT2D eigenvalue weighted by atomic mass is 35.5. The lowest BCUT2D eigenvalue weighted by atomic mass is 9.98. The third-order valence-electron chi connectivity index (χ3n) is 3.94. The summed E-state index contributed by atoms with van der Waals surface area (Å²) in [6.45, 7) is 0.00391. The molecule has 4 nitrogen and oxygen atoms in total. The van der Waals surface area contributed by atoms with E-state index in [1.165, 1.54) is 24.1 Å². The molecule has 0 aromatic heterocycles. The van der Waals surface area contributed by atoms with Crippen molar-refractivity contribution in [2.75, 3.05) is 33.4 Å². The van der Waals surface area contributed by atoms with Gasteiger partial charge in [0.05, 0.1) is 20.3 Å². The summed E-state index contributed by atoms with van der Waals surface area (Å²) in [6, 6.07) is 4.61. The number of hydrogen-bond donors (Lipinski definition) is 0. The Bertz CT molecular complexity index is 572. The van der Waals surface area contributed by atoms with Crippen molar-refractivity contribution in [1.29, 1.82) is 0 Å². The van der Waals surface area contributed by atoms with Crippen LogP contribution in [0.5, 0.6) is 5.75 Å². The van der Waals surface area contributed by atoms with Crippen molar-refractivity contribution in [3.8, 4) is 5.75 Å². The van der Waals surface area contributed by atoms with Crippen molar-refractivity contribution < 1.29 is 27.4 Å². The Labute approximate surface area is 143 Å². The standard InChI is InChI=1S/C16H19ClF3NO3/c1-23-14-8-12(17)2-3-13(14)15(22)24-9-11-4-6-21(7-5-11)10-16(18,19)20/h2-3,8,11H,4-7,9-10H2,1H3. The number of halogens is 4. The van der Waals surface area contributed by atoms with E-state index in [1.54, 1.807) is 6.07 Å². The number of carbonyl (C=O) groups excluding carboxylic acids is 1. The molecule has 0 atom stereocenters. The second-order valence-corrected chi connectivity index (χ2v) is 6.21. The molecule has 0 unspecified atom stereocenters. The normalized spacial score (nSPS) is 16.9. The maximum absolute atomic E-state index is 12.3. The first-order valence-electron chi connectivity index (χ1n) is 7.58. The summed E-state index contributed by atoms with van der Waals surface area (Å²) in [6.07, 6.45) is -3.04. The number of rotatable bonds is 5. The van der Waals surface area contributed by atoms with E-state index in [-0.39, 0.29) is 18.1 Å². The van der Waals surface area contributed by atoms with Crippen LogP contribution in [0.2, 0.25) is 5.02 Å². The lowest BCUT2D eigenvalue weighted by Gasteiger charge is -2.32. The smallest absolute Gasteiger partial charge is 0.401 e. The second kappa shape index (κ2) is 8.07. The van der Waals surface area contributed by atoms with Gasteiger partial charge < -0.3 is 9.47 Å². The molecular formula is C16H19ClF3NO3. The zero-order chi connectivity index (χ0) is 17.7. The van der Waals surface area contributed by atoms with Crippen LogP contribution >= 0.6 is 11.6 Å². The van der Waals surface area contributed by atoms with Gasteiger partial charge in [-0.25, -0.2) is 4.79 Å². The summed E-state index contributed by atoms with van der Waals surface area (Å²) in [4.78, 5) is 13.5. The lowest BCUT2D eigenvalue weighted by molar-refractivity contribution is -0.148. The average Bonchev–Trinajstić information content (AvgIpc) is 2.52. The molecule has 8 heteroatoms. The Balaban J connectivity index is 1.81. The first-order valence-corrected chi connectivity index (χ1v) is 7.96. The first-order chi connectivity index (χ1) is 11.3. The fraction of sp³-hybridized carbons (Fsp3) is 0.562. The number of carbonyl (C=O) groups is 1. The molecule has 1 aromatic rings. The molecule has 1 fully saturated rings. The molecule has 0 amide bonds. The second-order valence-electron chi connectivity index (χ2n) is 5.78. The summed E-state index contributed by atoms with van der Waals surface area (Å²) >= 11 is 5.84. The number of likely N-dealkylation sites (tertiary alicyclic amines) is 1. The summed E-state index contributed by atoms with van der Waals surface area (Å²) in [5, 5.41) is 0.445. The van der Waals surface area contributed by atoms with Gasteiger partial charge >= 0.3 is 12.1 Å². The predicted molar refractivity (Wildman–Crippen MR) is 83.5 cm³/mol. The van der Waals surface area contributed by atoms with E-state index in [2.05, 4.69) is 0 Å². The SMILES string of the molecule is COc1cc(Cl)ccc1C(=O)OCC1CCN(CC(F)(F)F)CC1. The monoisotopic (exact) mass is 365 g/mol. The number of ether oxygens (including phenoxy) is 2. The van der Waals surface area contributed by atoms with E-state index >= 15 is 0 Å². The summed E-state index contributed by atoms with van der Waals surface area (Å²) in [7, 11) is 1.43. The highest BCUT2D eigenvalue weighted by Gasteiger charge is 2.32. The van der Waals surface area contributed by atoms with Crippen LogP contribution in [0, 0.1) is 5.92 Å². The Morgan fingerprint density at radius 1 is 1.33 bits per heavy atom. The van der Waals surface area contributed by atoms with Crippen molar-refractivity contribution in [3.05, 3.63) is 28.8 Å². The maximum Gasteiger partial charge on any atom is 0.401 e. The van der Waals surface area contributed by atoms with Crippen molar-refractivity contribution >= 4 is 17.6 Å². The predicted octanol–water partition coefficient (Wildman–Crippen LogP) is 3.78. The van der Waals surface area contributed by atoms with Crippen LogP contribution in [-0.4, -0.2) is 50.4 Å². The molecular weight excluding hydrogens is 347 g/mol. The molecule has 0 radical (unpaired) electrons. The van der Waals surface area contributed by atoms with Crippen LogP contribution in [-0.2, 0) is 4.74 Å². The molecule has 134 valence electrons. The molecule has 1 aliphatic rings. The summed E-state index contributed by atoms with van der Waals surface area (Å²) < 4.78 is 47.4. The van der Waals surface area contributed by atoms with Gasteiger partial charge in [-0.2, -0.15) is 13.2 Å². The van der Waals surface area contributed by atoms with E-state index in [9.17, 15) is 18.0 Å². The largest absolute Gasteiger partial charge is 0.496 e. The van der Waals surface area contributed by atoms with Crippen molar-refractivity contribution in [1.82, 2.24) is 4.90 Å². The average molecular weight is 366 g/mol. The van der Waals surface area contributed by atoms with E-state index < -0.39 is 18.7 Å². The zero-order valence-electron chi connectivity index (χ0n) is 13.2. The number of benzene rings is 1. The van der Waals surface area contributed by atoms with Gasteiger partial charge in [-0.05, 0) is 50.0 Å². The molecule has 0 spiro atoms. The van der Waals surface area contributed by atoms with Crippen molar-refractivity contribution in [2.24, 2.45) is 5.92 Å². The van der Waals surface area contributed by atoms with E-state index in [1.807, 2.05) is 0 Å². The fourth-order valence-corrected chi connectivity index (χ4v) is 2.83. The molecule has 2 rings (SSSR count). The van der Waals surface area contributed by atoms with Gasteiger partial charge in [-0.15, -0.1) is 0 Å². The summed E-state index contributed by atoms with van der Waals surface area (Å²) in [5.74, 6) is -0.134. The van der Waals surface area contributed by atoms with Crippen molar-refractivity contribution in [3.63, 3.8) is 0 Å². The third kappa shape index (κ3) is 5.56. The van der Waals surface area contributed by atoms with Gasteiger partial charge in [0.1, 0.15) is 11.3 Å². The van der Waals surface area contributed by atoms with Crippen LogP contribution in [0.3, 0.4) is 0 Å². The maximum atomic E-state index is 12.3. The molecule has 0 aliphatic carbocycles. The first kappa shape index (κ1) is 18.9.